The van der Waals surface area contributed by atoms with Crippen molar-refractivity contribution in [2.75, 3.05) is 45.5 Å². The zero-order valence-electron chi connectivity index (χ0n) is 13.8. The molecule has 2 rings (SSSR count). The molecule has 0 saturated carbocycles. The molecule has 1 saturated heterocycles. The summed E-state index contributed by atoms with van der Waals surface area (Å²) < 4.78 is 37.9. The predicted molar refractivity (Wildman–Crippen MR) is 90.3 cm³/mol. The van der Waals surface area contributed by atoms with Crippen LogP contribution < -0.4 is 4.72 Å². The second-order valence-corrected chi connectivity index (χ2v) is 7.96. The van der Waals surface area contributed by atoms with Crippen molar-refractivity contribution in [3.8, 4) is 0 Å². The van der Waals surface area contributed by atoms with Gasteiger partial charge in [0.15, 0.2) is 0 Å². The lowest BCUT2D eigenvalue weighted by molar-refractivity contribution is 0.102. The quantitative estimate of drug-likeness (QED) is 0.761. The summed E-state index contributed by atoms with van der Waals surface area (Å²) in [5.74, 6) is -0.189. The summed E-state index contributed by atoms with van der Waals surface area (Å²) in [5.41, 5.74) is 1.01. The van der Waals surface area contributed by atoms with Gasteiger partial charge in [-0.05, 0) is 37.6 Å². The van der Waals surface area contributed by atoms with E-state index in [0.29, 0.717) is 6.54 Å². The first kappa shape index (κ1) is 18.3. The third-order valence-corrected chi connectivity index (χ3v) is 5.03. The van der Waals surface area contributed by atoms with E-state index in [2.05, 4.69) is 21.4 Å². The van der Waals surface area contributed by atoms with Crippen LogP contribution in [0.5, 0.6) is 0 Å². The van der Waals surface area contributed by atoms with Gasteiger partial charge in [-0.1, -0.05) is 12.1 Å². The SMILES string of the molecule is CC(c1cccc(F)c1)N1CCN(CCCNS(C)(=O)=O)CC1. The number of piperazine rings is 1. The van der Waals surface area contributed by atoms with Gasteiger partial charge in [-0.3, -0.25) is 4.90 Å². The second-order valence-electron chi connectivity index (χ2n) is 6.13. The maximum atomic E-state index is 13.3. The standard InChI is InChI=1S/C16H26FN3O2S/c1-14(15-5-3-6-16(17)13-15)20-11-9-19(10-12-20)8-4-7-18-23(2,21)22/h3,5-6,13-14,18H,4,7-12H2,1-2H3. The maximum absolute atomic E-state index is 13.3. The zero-order chi connectivity index (χ0) is 16.9. The first-order valence-electron chi connectivity index (χ1n) is 8.01. The fourth-order valence-electron chi connectivity index (χ4n) is 2.91. The van der Waals surface area contributed by atoms with Gasteiger partial charge in [0.05, 0.1) is 6.26 Å². The minimum absolute atomic E-state index is 0.189. The van der Waals surface area contributed by atoms with Crippen molar-refractivity contribution in [2.45, 2.75) is 19.4 Å². The highest BCUT2D eigenvalue weighted by Gasteiger charge is 2.21. The molecule has 0 bridgehead atoms. The zero-order valence-corrected chi connectivity index (χ0v) is 14.7. The minimum atomic E-state index is -3.09. The number of benzene rings is 1. The van der Waals surface area contributed by atoms with Crippen LogP contribution in [0.15, 0.2) is 24.3 Å². The molecule has 1 atom stereocenters. The van der Waals surface area contributed by atoms with Crippen LogP contribution in [0.2, 0.25) is 0 Å². The minimum Gasteiger partial charge on any atom is -0.301 e. The van der Waals surface area contributed by atoms with Gasteiger partial charge in [-0.15, -0.1) is 0 Å². The number of sulfonamides is 1. The number of halogens is 1. The van der Waals surface area contributed by atoms with E-state index in [4.69, 9.17) is 0 Å². The lowest BCUT2D eigenvalue weighted by Crippen LogP contribution is -2.47. The third-order valence-electron chi connectivity index (χ3n) is 4.30. The van der Waals surface area contributed by atoms with Gasteiger partial charge in [-0.25, -0.2) is 17.5 Å². The molecule has 7 heteroatoms. The maximum Gasteiger partial charge on any atom is 0.208 e. The van der Waals surface area contributed by atoms with Crippen LogP contribution in [0.4, 0.5) is 4.39 Å². The van der Waals surface area contributed by atoms with Gasteiger partial charge in [-0.2, -0.15) is 0 Å². The molecule has 1 aliphatic heterocycles. The summed E-state index contributed by atoms with van der Waals surface area (Å²) in [6.45, 7) is 7.29. The van der Waals surface area contributed by atoms with Crippen molar-refractivity contribution >= 4 is 10.0 Å². The van der Waals surface area contributed by atoms with E-state index in [-0.39, 0.29) is 11.9 Å². The van der Waals surface area contributed by atoms with Gasteiger partial charge >= 0.3 is 0 Å². The highest BCUT2D eigenvalue weighted by atomic mass is 32.2. The number of nitrogens with one attached hydrogen (secondary N) is 1. The van der Waals surface area contributed by atoms with Crippen molar-refractivity contribution < 1.29 is 12.8 Å². The van der Waals surface area contributed by atoms with E-state index in [1.165, 1.54) is 12.3 Å². The van der Waals surface area contributed by atoms with Crippen molar-refractivity contribution in [2.24, 2.45) is 0 Å². The summed E-state index contributed by atoms with van der Waals surface area (Å²) in [5, 5.41) is 0. The van der Waals surface area contributed by atoms with Crippen LogP contribution in [-0.2, 0) is 10.0 Å². The Kier molecular flexibility index (Phi) is 6.52. The topological polar surface area (TPSA) is 52.6 Å². The Morgan fingerprint density at radius 2 is 1.96 bits per heavy atom. The molecule has 0 aromatic heterocycles. The van der Waals surface area contributed by atoms with Crippen LogP contribution in [0.3, 0.4) is 0 Å². The molecule has 130 valence electrons. The number of hydrogen-bond donors (Lipinski definition) is 1. The van der Waals surface area contributed by atoms with Crippen LogP contribution in [0.1, 0.15) is 24.9 Å². The highest BCUT2D eigenvalue weighted by molar-refractivity contribution is 7.88. The summed E-state index contributed by atoms with van der Waals surface area (Å²) >= 11 is 0. The molecule has 1 fully saturated rings. The number of nitrogens with zero attached hydrogens (tertiary/aromatic N) is 2. The molecule has 5 nitrogen and oxygen atoms in total. The smallest absolute Gasteiger partial charge is 0.208 e. The van der Waals surface area contributed by atoms with Crippen LogP contribution in [0.25, 0.3) is 0 Å². The summed E-state index contributed by atoms with van der Waals surface area (Å²) in [7, 11) is -3.09. The molecule has 1 aliphatic rings. The Balaban J connectivity index is 1.73. The summed E-state index contributed by atoms with van der Waals surface area (Å²) in [6, 6.07) is 7.01. The Morgan fingerprint density at radius 3 is 2.57 bits per heavy atom. The lowest BCUT2D eigenvalue weighted by atomic mass is 10.1. The molecule has 1 aromatic rings. The van der Waals surface area contributed by atoms with Crippen LogP contribution in [0, 0.1) is 5.82 Å². The molecule has 1 unspecified atom stereocenters. The van der Waals surface area contributed by atoms with Crippen LogP contribution in [-0.4, -0.2) is 63.7 Å². The molecule has 1 N–H and O–H groups in total. The van der Waals surface area contributed by atoms with Gasteiger partial charge in [0, 0.05) is 38.8 Å². The molecule has 0 aliphatic carbocycles. The van der Waals surface area contributed by atoms with Gasteiger partial charge in [0.1, 0.15) is 5.82 Å². The fraction of sp³-hybridized carbons (Fsp3) is 0.625. The largest absolute Gasteiger partial charge is 0.301 e. The molecular weight excluding hydrogens is 317 g/mol. The summed E-state index contributed by atoms with van der Waals surface area (Å²) in [4.78, 5) is 4.71. The normalized spacial score (nSPS) is 18.9. The van der Waals surface area contributed by atoms with E-state index in [9.17, 15) is 12.8 Å². The van der Waals surface area contributed by atoms with Gasteiger partial charge < -0.3 is 4.90 Å². The fourth-order valence-corrected chi connectivity index (χ4v) is 3.43. The second kappa shape index (κ2) is 8.19. The molecule has 0 spiro atoms. The first-order valence-corrected chi connectivity index (χ1v) is 9.91. The Bertz CT molecular complexity index is 601. The van der Waals surface area contributed by atoms with Crippen molar-refractivity contribution in [1.82, 2.24) is 14.5 Å². The Morgan fingerprint density at radius 1 is 1.26 bits per heavy atom. The molecule has 0 amide bonds. The summed E-state index contributed by atoms with van der Waals surface area (Å²) in [6.07, 6.45) is 1.99. The van der Waals surface area contributed by atoms with Gasteiger partial charge in [0.25, 0.3) is 0 Å². The van der Waals surface area contributed by atoms with E-state index >= 15 is 0 Å². The van der Waals surface area contributed by atoms with Crippen molar-refractivity contribution in [3.63, 3.8) is 0 Å². The Labute approximate surface area is 138 Å². The molecule has 23 heavy (non-hydrogen) atoms. The highest BCUT2D eigenvalue weighted by Crippen LogP contribution is 2.22. The van der Waals surface area contributed by atoms with E-state index in [0.717, 1.165) is 44.7 Å². The van der Waals surface area contributed by atoms with Crippen LogP contribution >= 0.6 is 0 Å². The van der Waals surface area contributed by atoms with Crippen molar-refractivity contribution in [1.29, 1.82) is 0 Å². The molecular formula is C16H26FN3O2S. The molecule has 1 heterocycles. The van der Waals surface area contributed by atoms with E-state index in [1.807, 2.05) is 6.07 Å². The average Bonchev–Trinajstić information content (AvgIpc) is 2.50. The molecule has 0 radical (unpaired) electrons. The third kappa shape index (κ3) is 6.18. The number of hydrogen-bond acceptors (Lipinski definition) is 4. The predicted octanol–water partition coefficient (Wildman–Crippen LogP) is 1.44. The van der Waals surface area contributed by atoms with E-state index < -0.39 is 10.0 Å². The molecule has 1 aromatic carbocycles. The first-order chi connectivity index (χ1) is 10.8. The number of rotatable bonds is 7. The monoisotopic (exact) mass is 343 g/mol. The van der Waals surface area contributed by atoms with E-state index in [1.54, 1.807) is 12.1 Å². The average molecular weight is 343 g/mol. The lowest BCUT2D eigenvalue weighted by Gasteiger charge is -2.38. The van der Waals surface area contributed by atoms with Crippen molar-refractivity contribution in [3.05, 3.63) is 35.6 Å². The van der Waals surface area contributed by atoms with Gasteiger partial charge in [0.2, 0.25) is 10.0 Å². The Hall–Kier alpha value is -1.02.